The SMILES string of the molecule is CCOC(=O)c1c(CCCOc2cccc3cc(F)ccc23)c2ccc(Cl)c3c2n1CCC(F)(F)COC(CCN1CCOCC1)c1nn(C)c(CC)c1-3. The van der Waals surface area contributed by atoms with Gasteiger partial charge in [0.25, 0.3) is 5.92 Å². The Morgan fingerprint density at radius 2 is 1.85 bits per heavy atom. The lowest BCUT2D eigenvalue weighted by molar-refractivity contribution is -0.110. The summed E-state index contributed by atoms with van der Waals surface area (Å²) in [5, 5.41) is 7.59. The first-order valence-electron chi connectivity index (χ1n) is 18.8. The second kappa shape index (κ2) is 16.3. The number of alkyl halides is 2. The molecule has 54 heavy (non-hydrogen) atoms. The van der Waals surface area contributed by atoms with Crippen LogP contribution in [-0.2, 0) is 40.6 Å². The van der Waals surface area contributed by atoms with E-state index < -0.39 is 31.0 Å². The van der Waals surface area contributed by atoms with Gasteiger partial charge in [0.05, 0.1) is 42.7 Å². The molecule has 0 radical (unpaired) electrons. The number of rotatable bonds is 11. The van der Waals surface area contributed by atoms with Crippen LogP contribution in [0.25, 0.3) is 32.8 Å². The summed E-state index contributed by atoms with van der Waals surface area (Å²) in [5.41, 5.74) is 4.28. The third-order valence-electron chi connectivity index (χ3n) is 10.5. The van der Waals surface area contributed by atoms with Crippen molar-refractivity contribution in [3.05, 3.63) is 82.0 Å². The van der Waals surface area contributed by atoms with Crippen molar-refractivity contribution in [2.75, 3.05) is 52.7 Å². The Morgan fingerprint density at radius 1 is 1.06 bits per heavy atom. The van der Waals surface area contributed by atoms with Crippen LogP contribution in [0.4, 0.5) is 13.2 Å². The first-order chi connectivity index (χ1) is 26.1. The van der Waals surface area contributed by atoms with E-state index in [1.165, 1.54) is 12.1 Å². The number of carbonyl (C=O) groups excluding carboxylic acids is 1. The number of aromatic nitrogens is 3. The van der Waals surface area contributed by atoms with Gasteiger partial charge in [-0.15, -0.1) is 0 Å². The molecule has 288 valence electrons. The zero-order valence-electron chi connectivity index (χ0n) is 30.9. The summed E-state index contributed by atoms with van der Waals surface area (Å²) < 4.78 is 72.6. The van der Waals surface area contributed by atoms with Crippen molar-refractivity contribution < 1.29 is 36.9 Å². The predicted molar refractivity (Wildman–Crippen MR) is 202 cm³/mol. The van der Waals surface area contributed by atoms with Crippen molar-refractivity contribution in [3.63, 3.8) is 0 Å². The lowest BCUT2D eigenvalue weighted by Gasteiger charge is -2.29. The number of benzene rings is 3. The van der Waals surface area contributed by atoms with Gasteiger partial charge in [-0.05, 0) is 73.9 Å². The van der Waals surface area contributed by atoms with Crippen molar-refractivity contribution in [1.29, 1.82) is 0 Å². The van der Waals surface area contributed by atoms with Crippen molar-refractivity contribution in [2.24, 2.45) is 7.05 Å². The molecule has 1 fully saturated rings. The molecule has 0 N–H and O–H groups in total. The van der Waals surface area contributed by atoms with Crippen LogP contribution >= 0.6 is 11.6 Å². The van der Waals surface area contributed by atoms with Gasteiger partial charge in [0.1, 0.15) is 30.0 Å². The van der Waals surface area contributed by atoms with E-state index in [2.05, 4.69) is 4.90 Å². The smallest absolute Gasteiger partial charge is 0.355 e. The number of ether oxygens (including phenoxy) is 4. The first-order valence-corrected chi connectivity index (χ1v) is 19.1. The van der Waals surface area contributed by atoms with Crippen molar-refractivity contribution in [3.8, 4) is 16.9 Å². The Bertz CT molecular complexity index is 2140. The summed E-state index contributed by atoms with van der Waals surface area (Å²) in [6.07, 6.45) is 0.617. The third kappa shape index (κ3) is 7.71. The average Bonchev–Trinajstić information content (AvgIpc) is 3.65. The van der Waals surface area contributed by atoms with Gasteiger partial charge in [-0.2, -0.15) is 5.10 Å². The fourth-order valence-corrected chi connectivity index (χ4v) is 8.15. The molecule has 1 atom stereocenters. The summed E-state index contributed by atoms with van der Waals surface area (Å²) in [7, 11) is 1.85. The Labute approximate surface area is 317 Å². The fraction of sp³-hybridized carbons (Fsp3) is 0.463. The third-order valence-corrected chi connectivity index (χ3v) is 10.8. The Morgan fingerprint density at radius 3 is 2.63 bits per heavy atom. The van der Waals surface area contributed by atoms with Gasteiger partial charge in [-0.1, -0.05) is 36.7 Å². The molecule has 0 saturated carbocycles. The van der Waals surface area contributed by atoms with Crippen LogP contribution in [0.15, 0.2) is 48.5 Å². The summed E-state index contributed by atoms with van der Waals surface area (Å²) >= 11 is 7.17. The van der Waals surface area contributed by atoms with Crippen LogP contribution in [-0.4, -0.2) is 83.8 Å². The van der Waals surface area contributed by atoms with E-state index in [1.807, 2.05) is 44.3 Å². The van der Waals surface area contributed by atoms with E-state index in [9.17, 15) is 9.18 Å². The molecule has 0 spiro atoms. The van der Waals surface area contributed by atoms with E-state index in [-0.39, 0.29) is 24.7 Å². The van der Waals surface area contributed by atoms with Gasteiger partial charge in [0.15, 0.2) is 0 Å². The van der Waals surface area contributed by atoms with Gasteiger partial charge < -0.3 is 23.5 Å². The summed E-state index contributed by atoms with van der Waals surface area (Å²) in [4.78, 5) is 16.2. The zero-order valence-corrected chi connectivity index (χ0v) is 31.7. The van der Waals surface area contributed by atoms with Crippen LogP contribution in [0.3, 0.4) is 0 Å². The molecule has 5 aromatic rings. The highest BCUT2D eigenvalue weighted by atomic mass is 35.5. The first kappa shape index (κ1) is 38.2. The molecule has 3 aromatic carbocycles. The normalized spacial score (nSPS) is 17.7. The fourth-order valence-electron chi connectivity index (χ4n) is 7.90. The number of aryl methyl sites for hydroxylation is 3. The van der Waals surface area contributed by atoms with E-state index >= 15 is 8.78 Å². The summed E-state index contributed by atoms with van der Waals surface area (Å²) in [6, 6.07) is 13.7. The highest BCUT2D eigenvalue weighted by Crippen LogP contribution is 2.46. The molecule has 2 aliphatic rings. The van der Waals surface area contributed by atoms with Crippen molar-refractivity contribution in [1.82, 2.24) is 19.2 Å². The maximum atomic E-state index is 15.9. The van der Waals surface area contributed by atoms with Crippen LogP contribution in [0.1, 0.15) is 66.7 Å². The Balaban J connectivity index is 1.34. The van der Waals surface area contributed by atoms with Crippen LogP contribution in [0.5, 0.6) is 5.75 Å². The maximum Gasteiger partial charge on any atom is 0.355 e. The van der Waals surface area contributed by atoms with Gasteiger partial charge in [-0.3, -0.25) is 9.58 Å². The molecule has 1 unspecified atom stereocenters. The molecular formula is C41H46ClF3N4O5. The molecule has 13 heteroatoms. The lowest BCUT2D eigenvalue weighted by Crippen LogP contribution is -2.37. The minimum atomic E-state index is -3.21. The van der Waals surface area contributed by atoms with Gasteiger partial charge in [0.2, 0.25) is 0 Å². The number of esters is 1. The maximum absolute atomic E-state index is 15.9. The minimum absolute atomic E-state index is 0.111. The van der Waals surface area contributed by atoms with E-state index in [4.69, 9.17) is 35.6 Å². The molecule has 1 saturated heterocycles. The second-order valence-electron chi connectivity index (χ2n) is 13.9. The molecule has 2 aliphatic heterocycles. The zero-order chi connectivity index (χ0) is 38.0. The monoisotopic (exact) mass is 766 g/mol. The van der Waals surface area contributed by atoms with E-state index in [0.717, 1.165) is 40.5 Å². The van der Waals surface area contributed by atoms with E-state index in [0.29, 0.717) is 85.2 Å². The summed E-state index contributed by atoms with van der Waals surface area (Å²) in [6.45, 7) is 6.54. The molecule has 0 aliphatic carbocycles. The van der Waals surface area contributed by atoms with Crippen LogP contribution in [0, 0.1) is 5.82 Å². The van der Waals surface area contributed by atoms with Gasteiger partial charge >= 0.3 is 5.97 Å². The van der Waals surface area contributed by atoms with Crippen LogP contribution < -0.4 is 4.74 Å². The molecule has 0 bridgehead atoms. The predicted octanol–water partition coefficient (Wildman–Crippen LogP) is 8.56. The number of carbonyl (C=O) groups is 1. The summed E-state index contributed by atoms with van der Waals surface area (Å²) in [5.74, 6) is -3.51. The average molecular weight is 767 g/mol. The second-order valence-corrected chi connectivity index (χ2v) is 14.3. The van der Waals surface area contributed by atoms with Crippen molar-refractivity contribution >= 4 is 39.2 Å². The van der Waals surface area contributed by atoms with Crippen molar-refractivity contribution in [2.45, 2.75) is 64.5 Å². The minimum Gasteiger partial charge on any atom is -0.493 e. The number of halogens is 4. The van der Waals surface area contributed by atoms with E-state index in [1.54, 1.807) is 22.2 Å². The quantitative estimate of drug-likeness (QED) is 0.0985. The van der Waals surface area contributed by atoms with Gasteiger partial charge in [0, 0.05) is 67.2 Å². The molecule has 2 aromatic heterocycles. The molecule has 9 nitrogen and oxygen atoms in total. The molecular weight excluding hydrogens is 721 g/mol. The number of morpholine rings is 1. The number of hydrogen-bond donors (Lipinski definition) is 0. The lowest BCUT2D eigenvalue weighted by atomic mass is 9.94. The molecule has 7 rings (SSSR count). The van der Waals surface area contributed by atoms with Gasteiger partial charge in [-0.25, -0.2) is 18.0 Å². The topological polar surface area (TPSA) is 80.0 Å². The number of hydrogen-bond acceptors (Lipinski definition) is 7. The number of nitrogens with zero attached hydrogens (tertiary/aromatic N) is 4. The highest BCUT2D eigenvalue weighted by Gasteiger charge is 2.37. The van der Waals surface area contributed by atoms with Crippen LogP contribution in [0.2, 0.25) is 5.02 Å². The Kier molecular flexibility index (Phi) is 11.5. The largest absolute Gasteiger partial charge is 0.493 e. The standard InChI is InChI=1S/C41H46ClF3N4O5/c1-4-32-36-35-31(42)14-13-30-29(9-7-21-53-33-10-6-8-26-24-27(43)11-12-28(26)33)39(40(50)52-5-2)49(38(30)35)18-16-41(44,45)25-54-34(37(36)46-47(32)3)15-17-48-19-22-51-23-20-48/h6,8,10-14,24,34H,4-5,7,9,15-23,25H2,1-3H3. The Hall–Kier alpha value is -4.10. The molecule has 0 amide bonds. The molecule has 4 heterocycles. The highest BCUT2D eigenvalue weighted by molar-refractivity contribution is 6.35. The number of fused-ring (bicyclic) bond motifs is 3.